The Morgan fingerprint density at radius 3 is 2.48 bits per heavy atom. The number of aliphatic hydroxyl groups is 1. The molecule has 238 valence electrons. The topological polar surface area (TPSA) is 117 Å². The first-order valence-corrected chi connectivity index (χ1v) is 15.5. The summed E-state index contributed by atoms with van der Waals surface area (Å²) in [5.41, 5.74) is 0.817. The number of nitrogens with one attached hydrogen (secondary N) is 2. The van der Waals surface area contributed by atoms with Crippen LogP contribution in [0.1, 0.15) is 92.6 Å². The van der Waals surface area contributed by atoms with E-state index in [4.69, 9.17) is 9.47 Å². The summed E-state index contributed by atoms with van der Waals surface area (Å²) in [6, 6.07) is 7.32. The average Bonchev–Trinajstić information content (AvgIpc) is 2.89. The van der Waals surface area contributed by atoms with Crippen molar-refractivity contribution in [1.29, 1.82) is 0 Å². The summed E-state index contributed by atoms with van der Waals surface area (Å²) in [6.45, 7) is 15.0. The molecule has 0 fully saturated rings. The molecule has 1 aromatic rings. The van der Waals surface area contributed by atoms with Gasteiger partial charge in [-0.3, -0.25) is 9.59 Å². The lowest BCUT2D eigenvalue weighted by Crippen LogP contribution is -2.49. The van der Waals surface area contributed by atoms with Gasteiger partial charge in [-0.25, -0.2) is 4.79 Å². The first kappa shape index (κ1) is 35.5. The van der Waals surface area contributed by atoms with Crippen molar-refractivity contribution in [1.82, 2.24) is 10.6 Å². The zero-order valence-corrected chi connectivity index (χ0v) is 27.1. The lowest BCUT2D eigenvalue weighted by Gasteiger charge is -2.38. The summed E-state index contributed by atoms with van der Waals surface area (Å²) in [5.74, 6) is -0.262. The molecule has 0 radical (unpaired) electrons. The molecule has 3 amide bonds. The van der Waals surface area contributed by atoms with Gasteiger partial charge in [0.15, 0.2) is 0 Å². The van der Waals surface area contributed by atoms with Gasteiger partial charge in [-0.1, -0.05) is 52.3 Å². The van der Waals surface area contributed by atoms with Crippen LogP contribution < -0.4 is 15.5 Å². The fourth-order valence-corrected chi connectivity index (χ4v) is 5.50. The molecule has 9 heteroatoms. The minimum absolute atomic E-state index is 0.00347. The second-order valence-corrected chi connectivity index (χ2v) is 13.6. The lowest BCUT2D eigenvalue weighted by atomic mass is 9.79. The number of anilines is 1. The zero-order valence-electron chi connectivity index (χ0n) is 27.1. The Morgan fingerprint density at radius 1 is 1.14 bits per heavy atom. The number of hydrogen-bond donors (Lipinski definition) is 3. The minimum Gasteiger partial charge on any atom is -0.444 e. The van der Waals surface area contributed by atoms with Crippen LogP contribution in [-0.2, 0) is 25.5 Å². The molecule has 1 aliphatic rings. The number of ether oxygens (including phenoxy) is 2. The Hall–Kier alpha value is -2.65. The number of hydrogen-bond acceptors (Lipinski definition) is 6. The van der Waals surface area contributed by atoms with Crippen LogP contribution in [0.4, 0.5) is 10.5 Å². The molecule has 42 heavy (non-hydrogen) atoms. The summed E-state index contributed by atoms with van der Waals surface area (Å²) < 4.78 is 10.8. The van der Waals surface area contributed by atoms with E-state index in [1.165, 1.54) is 0 Å². The molecule has 3 N–H and O–H groups in total. The SMILES string of the molecule is CCCCNC(=O)[C@H](C)C[C@H](O)[C@H](CC(C)(C)CC(=O)N1CC(CCOC)Cc2ccccc21)NC(=O)OC(C)(C)C. The molecule has 1 aliphatic heterocycles. The normalized spacial score (nSPS) is 17.5. The number of alkyl carbamates (subject to hydrolysis) is 1. The van der Waals surface area contributed by atoms with E-state index in [0.29, 0.717) is 32.0 Å². The van der Waals surface area contributed by atoms with Crippen LogP contribution in [0, 0.1) is 17.3 Å². The highest BCUT2D eigenvalue weighted by atomic mass is 16.6. The van der Waals surface area contributed by atoms with Crippen LogP contribution in [-0.4, -0.2) is 67.6 Å². The van der Waals surface area contributed by atoms with E-state index in [-0.39, 0.29) is 24.7 Å². The fraction of sp³-hybridized carbons (Fsp3) is 0.727. The molecular formula is C33H55N3O6. The maximum atomic E-state index is 13.8. The largest absolute Gasteiger partial charge is 0.444 e. The molecule has 1 unspecified atom stereocenters. The van der Waals surface area contributed by atoms with Crippen molar-refractivity contribution in [3.8, 4) is 0 Å². The Balaban J connectivity index is 2.18. The number of benzene rings is 1. The standard InChI is InChI=1S/C33H55N3O6/c1-9-10-16-34-30(39)23(2)18-28(37)26(35-31(40)42-32(3,4)5)20-33(6,7)21-29(38)36-22-24(15-17-41-8)19-25-13-11-12-14-27(25)36/h11-14,23-24,26,28,37H,9-10,15-22H2,1-8H3,(H,34,39)(H,35,40)/t23-,24?,26+,28+/m1/s1. The second-order valence-electron chi connectivity index (χ2n) is 13.6. The van der Waals surface area contributed by atoms with Gasteiger partial charge in [0.05, 0.1) is 12.1 Å². The van der Waals surface area contributed by atoms with Crippen LogP contribution in [0.5, 0.6) is 0 Å². The van der Waals surface area contributed by atoms with Gasteiger partial charge < -0.3 is 30.1 Å². The van der Waals surface area contributed by atoms with Gasteiger partial charge in [0.2, 0.25) is 11.8 Å². The number of amides is 3. The summed E-state index contributed by atoms with van der Waals surface area (Å²) in [6.07, 6.45) is 2.72. The van der Waals surface area contributed by atoms with Crippen molar-refractivity contribution in [3.63, 3.8) is 0 Å². The average molecular weight is 590 g/mol. The molecule has 0 saturated carbocycles. The number of fused-ring (bicyclic) bond motifs is 1. The fourth-order valence-electron chi connectivity index (χ4n) is 5.50. The van der Waals surface area contributed by atoms with Crippen molar-refractivity contribution in [2.24, 2.45) is 17.3 Å². The highest BCUT2D eigenvalue weighted by Gasteiger charge is 2.36. The number of carbonyl (C=O) groups excluding carboxylic acids is 3. The molecule has 9 nitrogen and oxygen atoms in total. The van der Waals surface area contributed by atoms with Crippen LogP contribution in [0.3, 0.4) is 0 Å². The van der Waals surface area contributed by atoms with Crippen LogP contribution >= 0.6 is 0 Å². The smallest absolute Gasteiger partial charge is 0.407 e. The molecule has 0 bridgehead atoms. The van der Waals surface area contributed by atoms with Crippen LogP contribution in [0.15, 0.2) is 24.3 Å². The highest BCUT2D eigenvalue weighted by Crippen LogP contribution is 2.35. The number of nitrogens with zero attached hydrogens (tertiary/aromatic N) is 1. The third-order valence-electron chi connectivity index (χ3n) is 7.70. The van der Waals surface area contributed by atoms with E-state index in [1.54, 1.807) is 34.8 Å². The zero-order chi connectivity index (χ0) is 31.5. The molecule has 0 aromatic heterocycles. The first-order chi connectivity index (χ1) is 19.7. The predicted molar refractivity (Wildman–Crippen MR) is 166 cm³/mol. The monoisotopic (exact) mass is 589 g/mol. The van der Waals surface area contributed by atoms with Crippen LogP contribution in [0.25, 0.3) is 0 Å². The second kappa shape index (κ2) is 16.3. The van der Waals surface area contributed by atoms with E-state index >= 15 is 0 Å². The van der Waals surface area contributed by atoms with Crippen molar-refractivity contribution < 1.29 is 29.0 Å². The molecule has 1 aromatic carbocycles. The molecule has 4 atom stereocenters. The number of carbonyl (C=O) groups is 3. The van der Waals surface area contributed by atoms with E-state index in [2.05, 4.69) is 23.6 Å². The lowest BCUT2D eigenvalue weighted by molar-refractivity contribution is -0.125. The van der Waals surface area contributed by atoms with Gasteiger partial charge in [-0.05, 0) is 75.8 Å². The van der Waals surface area contributed by atoms with Crippen LogP contribution in [0.2, 0.25) is 0 Å². The van der Waals surface area contributed by atoms with Crippen molar-refractivity contribution in [2.75, 3.05) is 31.7 Å². The third-order valence-corrected chi connectivity index (χ3v) is 7.70. The Bertz CT molecular complexity index is 1020. The number of aliphatic hydroxyl groups excluding tert-OH is 1. The number of para-hydroxylation sites is 1. The Labute approximate surface area is 253 Å². The Kier molecular flexibility index (Phi) is 13.8. The van der Waals surface area contributed by atoms with Gasteiger partial charge in [0.1, 0.15) is 5.60 Å². The van der Waals surface area contributed by atoms with Gasteiger partial charge in [-0.2, -0.15) is 0 Å². The highest BCUT2D eigenvalue weighted by molar-refractivity contribution is 5.95. The quantitative estimate of drug-likeness (QED) is 0.241. The molecular weight excluding hydrogens is 534 g/mol. The Morgan fingerprint density at radius 2 is 1.83 bits per heavy atom. The van der Waals surface area contributed by atoms with E-state index in [9.17, 15) is 19.5 Å². The summed E-state index contributed by atoms with van der Waals surface area (Å²) in [7, 11) is 1.69. The molecule has 0 spiro atoms. The molecule has 0 saturated heterocycles. The van der Waals surface area contributed by atoms with Gasteiger partial charge in [-0.15, -0.1) is 0 Å². The van der Waals surface area contributed by atoms with Crippen molar-refractivity contribution in [3.05, 3.63) is 29.8 Å². The first-order valence-electron chi connectivity index (χ1n) is 15.5. The number of unbranched alkanes of at least 4 members (excludes halogenated alkanes) is 1. The van der Waals surface area contributed by atoms with E-state index < -0.39 is 35.2 Å². The minimum atomic E-state index is -1.01. The molecule has 0 aliphatic carbocycles. The van der Waals surface area contributed by atoms with Gasteiger partial charge in [0, 0.05) is 44.8 Å². The molecule has 1 heterocycles. The molecule has 2 rings (SSSR count). The van der Waals surface area contributed by atoms with Gasteiger partial charge >= 0.3 is 6.09 Å². The number of rotatable bonds is 15. The summed E-state index contributed by atoms with van der Waals surface area (Å²) >= 11 is 0. The third kappa shape index (κ3) is 11.9. The van der Waals surface area contributed by atoms with Crippen molar-refractivity contribution in [2.45, 2.75) is 111 Å². The summed E-state index contributed by atoms with van der Waals surface area (Å²) in [4.78, 5) is 41.1. The predicted octanol–water partition coefficient (Wildman–Crippen LogP) is 5.23. The summed E-state index contributed by atoms with van der Waals surface area (Å²) in [5, 5.41) is 17.0. The van der Waals surface area contributed by atoms with Crippen molar-refractivity contribution >= 4 is 23.6 Å². The van der Waals surface area contributed by atoms with E-state index in [1.807, 2.05) is 36.9 Å². The maximum Gasteiger partial charge on any atom is 0.407 e. The maximum absolute atomic E-state index is 13.8. The van der Waals surface area contributed by atoms with Gasteiger partial charge in [0.25, 0.3) is 0 Å². The van der Waals surface area contributed by atoms with E-state index in [0.717, 1.165) is 36.9 Å². The number of methoxy groups -OCH3 is 1.